The normalized spacial score (nSPS) is 12.4. The van der Waals surface area contributed by atoms with E-state index < -0.39 is 11.9 Å². The summed E-state index contributed by atoms with van der Waals surface area (Å²) in [5.74, 6) is -0.276. The first kappa shape index (κ1) is 21.0. The zero-order valence-electron chi connectivity index (χ0n) is 16.8. The van der Waals surface area contributed by atoms with Crippen molar-refractivity contribution in [1.82, 2.24) is 14.7 Å². The largest absolute Gasteiger partial charge is 0.494 e. The highest BCUT2D eigenvalue weighted by atomic mass is 19.1. The van der Waals surface area contributed by atoms with E-state index in [0.29, 0.717) is 24.3 Å². The van der Waals surface area contributed by atoms with E-state index in [1.165, 1.54) is 13.2 Å². The van der Waals surface area contributed by atoms with E-state index in [9.17, 15) is 9.50 Å². The molecule has 7 heteroatoms. The van der Waals surface area contributed by atoms with Gasteiger partial charge >= 0.3 is 0 Å². The average molecular weight is 399 g/mol. The number of para-hydroxylation sites is 1. The number of nitrogens with zero attached hydrogens (tertiary/aromatic N) is 3. The Balaban J connectivity index is 2.03. The number of methoxy groups -OCH3 is 1. The lowest BCUT2D eigenvalue weighted by Crippen LogP contribution is -2.31. The first-order chi connectivity index (χ1) is 13.9. The number of hydrogen-bond acceptors (Lipinski definition) is 5. The molecular formula is C22H26FN3O3. The van der Waals surface area contributed by atoms with Crippen LogP contribution in [0.15, 0.2) is 48.7 Å². The van der Waals surface area contributed by atoms with Crippen LogP contribution in [0.2, 0.25) is 0 Å². The molecule has 0 aliphatic rings. The number of aliphatic hydroxyl groups is 2. The molecular weight excluding hydrogens is 373 g/mol. The lowest BCUT2D eigenvalue weighted by molar-refractivity contribution is 0.0648. The number of aromatic nitrogens is 2. The Morgan fingerprint density at radius 3 is 2.66 bits per heavy atom. The van der Waals surface area contributed by atoms with Crippen molar-refractivity contribution in [1.29, 1.82) is 0 Å². The van der Waals surface area contributed by atoms with Crippen molar-refractivity contribution in [2.75, 3.05) is 27.3 Å². The minimum atomic E-state index is -0.826. The van der Waals surface area contributed by atoms with Crippen molar-refractivity contribution in [2.45, 2.75) is 19.6 Å². The summed E-state index contributed by atoms with van der Waals surface area (Å²) >= 11 is 0. The summed E-state index contributed by atoms with van der Waals surface area (Å²) in [5.41, 5.74) is 4.18. The molecule has 0 aliphatic heterocycles. The Morgan fingerprint density at radius 1 is 1.24 bits per heavy atom. The van der Waals surface area contributed by atoms with Gasteiger partial charge in [-0.25, -0.2) is 9.07 Å². The van der Waals surface area contributed by atoms with Crippen LogP contribution in [0.3, 0.4) is 0 Å². The van der Waals surface area contributed by atoms with Crippen molar-refractivity contribution >= 4 is 0 Å². The molecule has 0 saturated heterocycles. The van der Waals surface area contributed by atoms with Crippen LogP contribution in [-0.4, -0.2) is 58.3 Å². The molecule has 29 heavy (non-hydrogen) atoms. The van der Waals surface area contributed by atoms with Gasteiger partial charge in [-0.2, -0.15) is 5.10 Å². The number of rotatable bonds is 8. The van der Waals surface area contributed by atoms with E-state index in [1.807, 2.05) is 49.3 Å². The molecule has 2 N–H and O–H groups in total. The molecule has 2 aromatic carbocycles. The Bertz CT molecular complexity index is 974. The van der Waals surface area contributed by atoms with Crippen LogP contribution in [0, 0.1) is 12.7 Å². The predicted octanol–water partition coefficient (Wildman–Crippen LogP) is 2.78. The van der Waals surface area contributed by atoms with Crippen molar-refractivity contribution in [2.24, 2.45) is 0 Å². The van der Waals surface area contributed by atoms with Crippen LogP contribution >= 0.6 is 0 Å². The fourth-order valence-electron chi connectivity index (χ4n) is 3.30. The van der Waals surface area contributed by atoms with Gasteiger partial charge < -0.3 is 14.9 Å². The van der Waals surface area contributed by atoms with Crippen LogP contribution in [0.4, 0.5) is 4.39 Å². The van der Waals surface area contributed by atoms with Crippen LogP contribution in [-0.2, 0) is 6.54 Å². The smallest absolute Gasteiger partial charge is 0.165 e. The van der Waals surface area contributed by atoms with Crippen LogP contribution in [0.25, 0.3) is 16.9 Å². The summed E-state index contributed by atoms with van der Waals surface area (Å²) < 4.78 is 21.1. The zero-order chi connectivity index (χ0) is 21.0. The molecule has 0 aliphatic carbocycles. The average Bonchev–Trinajstić information content (AvgIpc) is 3.11. The molecule has 1 aromatic heterocycles. The SMILES string of the molecule is COc1ccc(-c2nn(-c3ccccc3C)cc2CN(C)C[C@H](O)CO)cc1F. The van der Waals surface area contributed by atoms with Crippen LogP contribution < -0.4 is 4.74 Å². The van der Waals surface area contributed by atoms with E-state index in [2.05, 4.69) is 0 Å². The summed E-state index contributed by atoms with van der Waals surface area (Å²) in [4.78, 5) is 1.89. The Morgan fingerprint density at radius 2 is 2.00 bits per heavy atom. The third-order valence-corrected chi connectivity index (χ3v) is 4.75. The third kappa shape index (κ3) is 4.82. The Kier molecular flexibility index (Phi) is 6.64. The van der Waals surface area contributed by atoms with Gasteiger partial charge in [0, 0.05) is 30.4 Å². The second-order valence-electron chi connectivity index (χ2n) is 7.12. The van der Waals surface area contributed by atoms with Crippen molar-refractivity contribution < 1.29 is 19.3 Å². The fourth-order valence-corrected chi connectivity index (χ4v) is 3.30. The number of aryl methyl sites for hydroxylation is 1. The number of halogens is 1. The Labute approximate surface area is 169 Å². The highest BCUT2D eigenvalue weighted by Gasteiger charge is 2.17. The van der Waals surface area contributed by atoms with E-state index >= 15 is 0 Å². The molecule has 0 amide bonds. The molecule has 0 saturated carbocycles. The highest BCUT2D eigenvalue weighted by molar-refractivity contribution is 5.64. The topological polar surface area (TPSA) is 70.8 Å². The Hall–Kier alpha value is -2.74. The highest BCUT2D eigenvalue weighted by Crippen LogP contribution is 2.29. The van der Waals surface area contributed by atoms with Gasteiger partial charge in [0.05, 0.1) is 31.2 Å². The van der Waals surface area contributed by atoms with Gasteiger partial charge in [0.15, 0.2) is 11.6 Å². The molecule has 0 spiro atoms. The number of ether oxygens (including phenoxy) is 1. The van der Waals surface area contributed by atoms with Gasteiger partial charge in [-0.3, -0.25) is 4.90 Å². The van der Waals surface area contributed by atoms with Crippen molar-refractivity contribution in [3.63, 3.8) is 0 Å². The van der Waals surface area contributed by atoms with Crippen LogP contribution in [0.5, 0.6) is 5.75 Å². The van der Waals surface area contributed by atoms with Gasteiger partial charge in [-0.15, -0.1) is 0 Å². The van der Waals surface area contributed by atoms with Gasteiger partial charge in [-0.05, 0) is 43.8 Å². The van der Waals surface area contributed by atoms with E-state index in [-0.39, 0.29) is 12.4 Å². The number of benzene rings is 2. The first-order valence-corrected chi connectivity index (χ1v) is 9.38. The minimum Gasteiger partial charge on any atom is -0.494 e. The summed E-state index contributed by atoms with van der Waals surface area (Å²) in [6.07, 6.45) is 1.09. The molecule has 0 fully saturated rings. The second-order valence-corrected chi connectivity index (χ2v) is 7.12. The summed E-state index contributed by atoms with van der Waals surface area (Å²) in [7, 11) is 3.28. The molecule has 1 heterocycles. The molecule has 0 bridgehead atoms. The molecule has 6 nitrogen and oxygen atoms in total. The van der Waals surface area contributed by atoms with Crippen molar-refractivity contribution in [3.8, 4) is 22.7 Å². The van der Waals surface area contributed by atoms with Crippen molar-refractivity contribution in [3.05, 3.63) is 65.6 Å². The molecule has 0 unspecified atom stereocenters. The summed E-state index contributed by atoms with van der Waals surface area (Å²) in [6.45, 7) is 2.49. The van der Waals surface area contributed by atoms with Gasteiger partial charge in [0.2, 0.25) is 0 Å². The fraction of sp³-hybridized carbons (Fsp3) is 0.318. The van der Waals surface area contributed by atoms with Gasteiger partial charge in [-0.1, -0.05) is 18.2 Å². The standard InChI is InChI=1S/C22H26FN3O3/c1-15-6-4-5-7-20(15)26-12-17(11-25(2)13-18(28)14-27)22(24-26)16-8-9-21(29-3)19(23)10-16/h4-10,12,18,27-28H,11,13-14H2,1-3H3/t18-/m0/s1. The van der Waals surface area contributed by atoms with E-state index in [1.54, 1.807) is 16.8 Å². The minimum absolute atomic E-state index is 0.178. The lowest BCUT2D eigenvalue weighted by Gasteiger charge is -2.19. The summed E-state index contributed by atoms with van der Waals surface area (Å²) in [6, 6.07) is 12.7. The van der Waals surface area contributed by atoms with Gasteiger partial charge in [0.1, 0.15) is 0 Å². The predicted molar refractivity (Wildman–Crippen MR) is 110 cm³/mol. The number of likely N-dealkylation sites (N-methyl/N-ethyl adjacent to an activating group) is 1. The molecule has 154 valence electrons. The third-order valence-electron chi connectivity index (χ3n) is 4.75. The monoisotopic (exact) mass is 399 g/mol. The zero-order valence-corrected chi connectivity index (χ0v) is 16.8. The van der Waals surface area contributed by atoms with Crippen LogP contribution in [0.1, 0.15) is 11.1 Å². The first-order valence-electron chi connectivity index (χ1n) is 9.38. The number of hydrogen-bond donors (Lipinski definition) is 2. The van der Waals surface area contributed by atoms with E-state index in [0.717, 1.165) is 16.8 Å². The maximum Gasteiger partial charge on any atom is 0.165 e. The maximum atomic E-state index is 14.3. The lowest BCUT2D eigenvalue weighted by atomic mass is 10.1. The summed E-state index contributed by atoms with van der Waals surface area (Å²) in [5, 5.41) is 23.6. The van der Waals surface area contributed by atoms with Gasteiger partial charge in [0.25, 0.3) is 0 Å². The molecule has 3 rings (SSSR count). The number of aliphatic hydroxyl groups excluding tert-OH is 2. The molecule has 3 aromatic rings. The maximum absolute atomic E-state index is 14.3. The van der Waals surface area contributed by atoms with E-state index in [4.69, 9.17) is 14.9 Å². The molecule has 1 atom stereocenters. The quantitative estimate of drug-likeness (QED) is 0.610. The molecule has 0 radical (unpaired) electrons. The second kappa shape index (κ2) is 9.17.